The maximum atomic E-state index is 10.9. The monoisotopic (exact) mass is 224 g/mol. The summed E-state index contributed by atoms with van der Waals surface area (Å²) in [5.41, 5.74) is 0.844. The molecule has 0 bridgehead atoms. The zero-order valence-corrected chi connectivity index (χ0v) is 9.73. The number of nitro groups is 1. The fourth-order valence-electron chi connectivity index (χ4n) is 1.36. The summed E-state index contributed by atoms with van der Waals surface area (Å²) in [7, 11) is 3.63. The molecule has 0 amide bonds. The minimum absolute atomic E-state index is 0.0543. The number of pyridine rings is 1. The van der Waals surface area contributed by atoms with E-state index in [0.29, 0.717) is 12.4 Å². The van der Waals surface area contributed by atoms with Crippen LogP contribution in [0.5, 0.6) is 0 Å². The van der Waals surface area contributed by atoms with Crippen LogP contribution in [0, 0.1) is 17.0 Å². The van der Waals surface area contributed by atoms with Gasteiger partial charge in [-0.05, 0) is 19.5 Å². The second-order valence-corrected chi connectivity index (χ2v) is 3.64. The minimum Gasteiger partial charge on any atom is -0.353 e. The summed E-state index contributed by atoms with van der Waals surface area (Å²) in [6, 6.07) is 1.54. The van der Waals surface area contributed by atoms with E-state index in [2.05, 4.69) is 10.3 Å². The number of anilines is 1. The van der Waals surface area contributed by atoms with Gasteiger partial charge in [0.15, 0.2) is 0 Å². The Kier molecular flexibility index (Phi) is 4.19. The fraction of sp³-hybridized carbons (Fsp3) is 0.500. The second-order valence-electron chi connectivity index (χ2n) is 3.64. The SMILES string of the molecule is CNCCN(C)c1ncc(C)cc1[N+](=O)[O-]. The molecule has 1 N–H and O–H groups in total. The molecule has 0 saturated carbocycles. The third kappa shape index (κ3) is 2.90. The van der Waals surface area contributed by atoms with E-state index < -0.39 is 4.92 Å². The molecular weight excluding hydrogens is 208 g/mol. The van der Waals surface area contributed by atoms with Gasteiger partial charge in [-0.1, -0.05) is 0 Å². The van der Waals surface area contributed by atoms with E-state index in [1.54, 1.807) is 25.1 Å². The molecule has 0 aromatic carbocycles. The van der Waals surface area contributed by atoms with Gasteiger partial charge >= 0.3 is 5.69 Å². The van der Waals surface area contributed by atoms with E-state index in [4.69, 9.17) is 0 Å². The molecule has 0 aliphatic carbocycles. The zero-order chi connectivity index (χ0) is 12.1. The standard InChI is InChI=1S/C10H16N4O2/c1-8-6-9(14(15)16)10(12-7-8)13(3)5-4-11-2/h6-7,11H,4-5H2,1-3H3. The van der Waals surface area contributed by atoms with Crippen LogP contribution in [0.15, 0.2) is 12.3 Å². The van der Waals surface area contributed by atoms with E-state index in [9.17, 15) is 10.1 Å². The van der Waals surface area contributed by atoms with Crippen LogP contribution in [0.3, 0.4) is 0 Å². The maximum Gasteiger partial charge on any atom is 0.311 e. The molecule has 0 atom stereocenters. The number of nitrogens with zero attached hydrogens (tertiary/aromatic N) is 3. The highest BCUT2D eigenvalue weighted by Gasteiger charge is 2.18. The quantitative estimate of drug-likeness (QED) is 0.595. The number of rotatable bonds is 5. The predicted molar refractivity (Wildman–Crippen MR) is 62.8 cm³/mol. The lowest BCUT2D eigenvalue weighted by Crippen LogP contribution is -2.28. The number of hydrogen-bond acceptors (Lipinski definition) is 5. The van der Waals surface area contributed by atoms with Gasteiger partial charge in [0.05, 0.1) is 4.92 Å². The van der Waals surface area contributed by atoms with Crippen LogP contribution in [0.4, 0.5) is 11.5 Å². The van der Waals surface area contributed by atoms with E-state index in [-0.39, 0.29) is 5.69 Å². The van der Waals surface area contributed by atoms with Crippen LogP contribution in [0.25, 0.3) is 0 Å². The van der Waals surface area contributed by atoms with Gasteiger partial charge < -0.3 is 10.2 Å². The Morgan fingerprint density at radius 1 is 1.62 bits per heavy atom. The number of nitrogens with one attached hydrogen (secondary N) is 1. The van der Waals surface area contributed by atoms with Crippen molar-refractivity contribution in [3.05, 3.63) is 27.9 Å². The Morgan fingerprint density at radius 2 is 2.31 bits per heavy atom. The van der Waals surface area contributed by atoms with Gasteiger partial charge in [0.2, 0.25) is 5.82 Å². The second kappa shape index (κ2) is 5.41. The first-order valence-corrected chi connectivity index (χ1v) is 5.03. The van der Waals surface area contributed by atoms with Crippen LogP contribution >= 0.6 is 0 Å². The molecule has 0 aliphatic heterocycles. The first-order valence-electron chi connectivity index (χ1n) is 5.03. The van der Waals surface area contributed by atoms with E-state index in [1.165, 1.54) is 6.07 Å². The molecule has 0 radical (unpaired) electrons. The van der Waals surface area contributed by atoms with Crippen molar-refractivity contribution in [3.63, 3.8) is 0 Å². The van der Waals surface area contributed by atoms with Crippen molar-refractivity contribution >= 4 is 11.5 Å². The smallest absolute Gasteiger partial charge is 0.311 e. The first-order chi connectivity index (χ1) is 7.56. The Balaban J connectivity index is 2.98. The molecule has 1 aromatic heterocycles. The van der Waals surface area contributed by atoms with E-state index in [1.807, 2.05) is 7.05 Å². The summed E-state index contributed by atoms with van der Waals surface area (Å²) in [6.45, 7) is 3.22. The summed E-state index contributed by atoms with van der Waals surface area (Å²) in [5.74, 6) is 0.408. The molecule has 1 rings (SSSR count). The fourth-order valence-corrected chi connectivity index (χ4v) is 1.36. The van der Waals surface area contributed by atoms with Gasteiger partial charge in [0, 0.05) is 32.4 Å². The Labute approximate surface area is 94.4 Å². The van der Waals surface area contributed by atoms with Crippen LogP contribution in [0.1, 0.15) is 5.56 Å². The van der Waals surface area contributed by atoms with Crippen molar-refractivity contribution in [2.75, 3.05) is 32.1 Å². The maximum absolute atomic E-state index is 10.9. The van der Waals surface area contributed by atoms with Crippen molar-refractivity contribution in [2.45, 2.75) is 6.92 Å². The average molecular weight is 224 g/mol. The molecule has 6 nitrogen and oxygen atoms in total. The molecule has 16 heavy (non-hydrogen) atoms. The van der Waals surface area contributed by atoms with Gasteiger partial charge in [-0.3, -0.25) is 10.1 Å². The number of aryl methyl sites for hydroxylation is 1. The third-order valence-corrected chi connectivity index (χ3v) is 2.24. The highest BCUT2D eigenvalue weighted by atomic mass is 16.6. The van der Waals surface area contributed by atoms with Crippen molar-refractivity contribution in [1.29, 1.82) is 0 Å². The minimum atomic E-state index is -0.398. The molecule has 0 fully saturated rings. The van der Waals surface area contributed by atoms with Crippen molar-refractivity contribution in [3.8, 4) is 0 Å². The average Bonchev–Trinajstić information content (AvgIpc) is 2.25. The topological polar surface area (TPSA) is 71.3 Å². The van der Waals surface area contributed by atoms with Crippen LogP contribution in [0.2, 0.25) is 0 Å². The molecule has 0 unspecified atom stereocenters. The Bertz CT molecular complexity index is 381. The van der Waals surface area contributed by atoms with Crippen LogP contribution < -0.4 is 10.2 Å². The molecule has 1 heterocycles. The lowest BCUT2D eigenvalue weighted by atomic mass is 10.2. The highest BCUT2D eigenvalue weighted by Crippen LogP contribution is 2.24. The molecule has 0 saturated heterocycles. The molecule has 6 heteroatoms. The summed E-state index contributed by atoms with van der Waals surface area (Å²) in [6.07, 6.45) is 1.64. The molecule has 1 aromatic rings. The highest BCUT2D eigenvalue weighted by molar-refractivity contribution is 5.58. The van der Waals surface area contributed by atoms with Gasteiger partial charge in [-0.15, -0.1) is 0 Å². The van der Waals surface area contributed by atoms with Crippen molar-refractivity contribution < 1.29 is 4.92 Å². The van der Waals surface area contributed by atoms with Gasteiger partial charge in [0.1, 0.15) is 0 Å². The number of aromatic nitrogens is 1. The largest absolute Gasteiger partial charge is 0.353 e. The first kappa shape index (κ1) is 12.4. The van der Waals surface area contributed by atoms with Crippen molar-refractivity contribution in [1.82, 2.24) is 10.3 Å². The zero-order valence-electron chi connectivity index (χ0n) is 9.73. The van der Waals surface area contributed by atoms with E-state index >= 15 is 0 Å². The Morgan fingerprint density at radius 3 is 2.88 bits per heavy atom. The molecule has 88 valence electrons. The normalized spacial score (nSPS) is 10.2. The van der Waals surface area contributed by atoms with Gasteiger partial charge in [-0.25, -0.2) is 4.98 Å². The number of likely N-dealkylation sites (N-methyl/N-ethyl adjacent to an activating group) is 2. The lowest BCUT2D eigenvalue weighted by molar-refractivity contribution is -0.384. The predicted octanol–water partition coefficient (Wildman–Crippen LogP) is 0.954. The third-order valence-electron chi connectivity index (χ3n) is 2.24. The Hall–Kier alpha value is -1.69. The van der Waals surface area contributed by atoms with E-state index in [0.717, 1.165) is 12.1 Å². The number of hydrogen-bond donors (Lipinski definition) is 1. The molecule has 0 aliphatic rings. The summed E-state index contributed by atoms with van der Waals surface area (Å²) < 4.78 is 0. The van der Waals surface area contributed by atoms with Crippen molar-refractivity contribution in [2.24, 2.45) is 0 Å². The molecular formula is C10H16N4O2. The van der Waals surface area contributed by atoms with Gasteiger partial charge in [0.25, 0.3) is 0 Å². The lowest BCUT2D eigenvalue weighted by Gasteiger charge is -2.17. The summed E-state index contributed by atoms with van der Waals surface area (Å²) in [5, 5.41) is 13.9. The molecule has 0 spiro atoms. The summed E-state index contributed by atoms with van der Waals surface area (Å²) >= 11 is 0. The summed E-state index contributed by atoms with van der Waals surface area (Å²) in [4.78, 5) is 16.4. The van der Waals surface area contributed by atoms with Crippen LogP contribution in [-0.4, -0.2) is 37.1 Å². The van der Waals surface area contributed by atoms with Gasteiger partial charge in [-0.2, -0.15) is 0 Å². The van der Waals surface area contributed by atoms with Crippen LogP contribution in [-0.2, 0) is 0 Å².